The zero-order chi connectivity index (χ0) is 22.2. The van der Waals surface area contributed by atoms with Gasteiger partial charge in [-0.15, -0.1) is 0 Å². The van der Waals surface area contributed by atoms with E-state index in [4.69, 9.17) is 12.2 Å². The third-order valence-electron chi connectivity index (χ3n) is 6.08. The van der Waals surface area contributed by atoms with E-state index in [0.29, 0.717) is 43.1 Å². The highest BCUT2D eigenvalue weighted by atomic mass is 32.2. The van der Waals surface area contributed by atoms with Crippen LogP contribution in [0.15, 0.2) is 18.2 Å². The summed E-state index contributed by atoms with van der Waals surface area (Å²) in [5, 5.41) is 13.9. The smallest absolute Gasteiger partial charge is 0.198 e. The van der Waals surface area contributed by atoms with E-state index in [2.05, 4.69) is 10.00 Å². The fraction of sp³-hybridized carbons (Fsp3) is 0.550. The van der Waals surface area contributed by atoms with Crippen LogP contribution < -0.4 is 4.90 Å². The molecule has 0 radical (unpaired) electrons. The Morgan fingerprint density at radius 1 is 1.29 bits per heavy atom. The highest BCUT2D eigenvalue weighted by Gasteiger charge is 2.29. The second-order valence-corrected chi connectivity index (χ2v) is 10.8. The summed E-state index contributed by atoms with van der Waals surface area (Å²) in [6.07, 6.45) is 1.28. The van der Waals surface area contributed by atoms with E-state index in [1.165, 1.54) is 6.07 Å². The van der Waals surface area contributed by atoms with Gasteiger partial charge in [-0.1, -0.05) is 6.07 Å². The van der Waals surface area contributed by atoms with Crippen molar-refractivity contribution in [2.75, 3.05) is 42.6 Å². The van der Waals surface area contributed by atoms with E-state index in [9.17, 15) is 18.1 Å². The van der Waals surface area contributed by atoms with Crippen LogP contribution in [0.5, 0.6) is 0 Å². The highest BCUT2D eigenvalue weighted by Crippen LogP contribution is 2.24. The number of sulfone groups is 1. The van der Waals surface area contributed by atoms with Crippen LogP contribution in [0, 0.1) is 27.8 Å². The van der Waals surface area contributed by atoms with Gasteiger partial charge in [-0.2, -0.15) is 10.4 Å². The molecule has 0 saturated carbocycles. The minimum Gasteiger partial charge on any atom is -0.368 e. The van der Waals surface area contributed by atoms with Crippen molar-refractivity contribution < 1.29 is 12.8 Å². The summed E-state index contributed by atoms with van der Waals surface area (Å²) >= 11 is 5.55. The molecule has 0 amide bonds. The van der Waals surface area contributed by atoms with Crippen LogP contribution in [0.3, 0.4) is 0 Å². The maximum Gasteiger partial charge on any atom is 0.198 e. The molecule has 2 aliphatic heterocycles. The summed E-state index contributed by atoms with van der Waals surface area (Å²) < 4.78 is 41.7. The number of benzene rings is 1. The van der Waals surface area contributed by atoms with Gasteiger partial charge in [-0.05, 0) is 36.7 Å². The van der Waals surface area contributed by atoms with Gasteiger partial charge in [0, 0.05) is 39.6 Å². The zero-order valence-electron chi connectivity index (χ0n) is 17.4. The van der Waals surface area contributed by atoms with Crippen molar-refractivity contribution in [2.45, 2.75) is 19.5 Å². The molecule has 166 valence electrons. The lowest BCUT2D eigenvalue weighted by molar-refractivity contribution is 0.193. The molecule has 11 heteroatoms. The third-order valence-corrected chi connectivity index (χ3v) is 8.40. The Morgan fingerprint density at radius 3 is 2.68 bits per heavy atom. The van der Waals surface area contributed by atoms with Gasteiger partial charge in [0.15, 0.2) is 14.6 Å². The number of rotatable bonds is 5. The van der Waals surface area contributed by atoms with Gasteiger partial charge in [-0.25, -0.2) is 17.5 Å². The Balaban J connectivity index is 1.40. The predicted molar refractivity (Wildman–Crippen MR) is 117 cm³/mol. The summed E-state index contributed by atoms with van der Waals surface area (Å²) in [5.41, 5.74) is 0.715. The van der Waals surface area contributed by atoms with E-state index in [-0.39, 0.29) is 23.0 Å². The molecular weight excluding hydrogens is 439 g/mol. The lowest BCUT2D eigenvalue weighted by Crippen LogP contribution is -2.47. The molecule has 1 aromatic heterocycles. The van der Waals surface area contributed by atoms with Crippen molar-refractivity contribution >= 4 is 27.7 Å². The van der Waals surface area contributed by atoms with Crippen molar-refractivity contribution in [3.8, 4) is 6.07 Å². The van der Waals surface area contributed by atoms with Gasteiger partial charge in [-0.3, -0.25) is 4.90 Å². The van der Waals surface area contributed by atoms with Crippen LogP contribution in [-0.2, 0) is 30.0 Å². The van der Waals surface area contributed by atoms with Crippen molar-refractivity contribution in [2.24, 2.45) is 13.0 Å². The number of anilines is 1. The Kier molecular flexibility index (Phi) is 6.14. The maximum atomic E-state index is 13.9. The van der Waals surface area contributed by atoms with Crippen LogP contribution in [0.4, 0.5) is 10.1 Å². The minimum atomic E-state index is -2.92. The molecule has 1 aromatic carbocycles. The molecule has 0 aliphatic carbocycles. The summed E-state index contributed by atoms with van der Waals surface area (Å²) in [4.78, 5) is 4.25. The quantitative estimate of drug-likeness (QED) is 0.623. The van der Waals surface area contributed by atoms with E-state index >= 15 is 0 Å². The van der Waals surface area contributed by atoms with E-state index < -0.39 is 15.7 Å². The van der Waals surface area contributed by atoms with Crippen molar-refractivity contribution in [3.63, 3.8) is 0 Å². The van der Waals surface area contributed by atoms with Crippen LogP contribution in [0.25, 0.3) is 0 Å². The summed E-state index contributed by atoms with van der Waals surface area (Å²) in [6, 6.07) is 6.68. The van der Waals surface area contributed by atoms with Crippen molar-refractivity contribution in [3.05, 3.63) is 40.2 Å². The van der Waals surface area contributed by atoms with Crippen LogP contribution in [0.2, 0.25) is 0 Å². The van der Waals surface area contributed by atoms with Gasteiger partial charge in [0.05, 0.1) is 23.9 Å². The highest BCUT2D eigenvalue weighted by molar-refractivity contribution is 7.91. The number of hydrogen-bond acceptors (Lipinski definition) is 7. The first-order valence-electron chi connectivity index (χ1n) is 10.3. The number of nitriles is 1. The molecule has 2 fully saturated rings. The van der Waals surface area contributed by atoms with Crippen LogP contribution in [0.1, 0.15) is 17.8 Å². The second-order valence-electron chi connectivity index (χ2n) is 8.22. The van der Waals surface area contributed by atoms with Crippen LogP contribution >= 0.6 is 12.2 Å². The summed E-state index contributed by atoms with van der Waals surface area (Å²) in [5.74, 6) is 0.887. The van der Waals surface area contributed by atoms with Gasteiger partial charge in [0.1, 0.15) is 23.3 Å². The van der Waals surface area contributed by atoms with Gasteiger partial charge < -0.3 is 9.47 Å². The van der Waals surface area contributed by atoms with Gasteiger partial charge >= 0.3 is 0 Å². The molecule has 0 bridgehead atoms. The molecule has 2 aliphatic rings. The Bertz CT molecular complexity index is 1180. The summed E-state index contributed by atoms with van der Waals surface area (Å²) in [7, 11) is -1.05. The molecule has 2 saturated heterocycles. The minimum absolute atomic E-state index is 0.0847. The number of piperazine rings is 1. The van der Waals surface area contributed by atoms with Crippen molar-refractivity contribution in [1.82, 2.24) is 19.2 Å². The molecule has 8 nitrogen and oxygen atoms in total. The third kappa shape index (κ3) is 4.66. The average Bonchev–Trinajstić information content (AvgIpc) is 3.22. The number of hydrogen-bond donors (Lipinski definition) is 0. The number of halogens is 1. The first-order chi connectivity index (χ1) is 14.8. The first kappa shape index (κ1) is 21.9. The lowest BCUT2D eigenvalue weighted by atomic mass is 10.1. The Hall–Kier alpha value is -2.29. The largest absolute Gasteiger partial charge is 0.368 e. The number of nitrogens with zero attached hydrogens (tertiary/aromatic N) is 6. The van der Waals surface area contributed by atoms with Gasteiger partial charge in [0.2, 0.25) is 0 Å². The second kappa shape index (κ2) is 8.68. The topological polar surface area (TPSA) is 87.2 Å². The molecule has 3 heterocycles. The normalized spacial score (nSPS) is 21.3. The monoisotopic (exact) mass is 464 g/mol. The number of aromatic nitrogens is 3. The Morgan fingerprint density at radius 2 is 2.03 bits per heavy atom. The lowest BCUT2D eigenvalue weighted by Gasteiger charge is -2.36. The SMILES string of the molecule is Cn1c(CC2CCS(=O)(=O)C2)nn(CN2CCN(c3cccc(F)c3C#N)CC2)c1=S. The molecule has 1 atom stereocenters. The fourth-order valence-electron chi connectivity index (χ4n) is 4.30. The van der Waals surface area contributed by atoms with E-state index in [1.807, 2.05) is 22.6 Å². The van der Waals surface area contributed by atoms with Crippen LogP contribution in [-0.4, -0.2) is 65.4 Å². The van der Waals surface area contributed by atoms with Crippen molar-refractivity contribution in [1.29, 1.82) is 5.26 Å². The standard InChI is InChI=1S/C20H25FN6O2S2/c1-24-19(11-15-5-10-31(28,29)13-15)23-27(20(24)30)14-25-6-8-26(9-7-25)18-4-2-3-17(21)16(18)12-22/h2-4,15H,5-11,13-14H2,1H3. The Labute approximate surface area is 186 Å². The van der Waals surface area contributed by atoms with Gasteiger partial charge in [0.25, 0.3) is 0 Å². The molecule has 0 spiro atoms. The molecule has 2 aromatic rings. The molecule has 4 rings (SSSR count). The molecule has 0 N–H and O–H groups in total. The first-order valence-corrected chi connectivity index (χ1v) is 12.5. The maximum absolute atomic E-state index is 13.9. The fourth-order valence-corrected chi connectivity index (χ4v) is 6.37. The average molecular weight is 465 g/mol. The molecule has 31 heavy (non-hydrogen) atoms. The predicted octanol–water partition coefficient (Wildman–Crippen LogP) is 1.72. The van der Waals surface area contributed by atoms with E-state index in [0.717, 1.165) is 18.9 Å². The molecule has 1 unspecified atom stereocenters. The van der Waals surface area contributed by atoms with E-state index in [1.54, 1.807) is 16.8 Å². The molecular formula is C20H25FN6O2S2. The summed E-state index contributed by atoms with van der Waals surface area (Å²) in [6.45, 7) is 3.35. The zero-order valence-corrected chi connectivity index (χ0v) is 19.0.